The van der Waals surface area contributed by atoms with E-state index in [4.69, 9.17) is 9.47 Å². The van der Waals surface area contributed by atoms with Gasteiger partial charge in [-0.05, 0) is 23.8 Å². The van der Waals surface area contributed by atoms with E-state index in [0.717, 1.165) is 57.8 Å². The maximum absolute atomic E-state index is 11.9. The van der Waals surface area contributed by atoms with Crippen LogP contribution in [-0.2, 0) is 29.2 Å². The smallest absolute Gasteiger partial charge is 0.747 e. The van der Waals surface area contributed by atoms with Crippen LogP contribution in [0, 0.1) is 0 Å². The SMILES string of the molecule is CCCCCCCCOC(=O)CC(C(=O)OCCCCCCCC)S(=O)(=O)[O-].[Na+].[SiH4]. The fourth-order valence-corrected chi connectivity index (χ4v) is 3.37. The van der Waals surface area contributed by atoms with Crippen molar-refractivity contribution in [2.75, 3.05) is 13.2 Å². The Morgan fingerprint density at radius 1 is 0.767 bits per heavy atom. The number of rotatable bonds is 18. The van der Waals surface area contributed by atoms with Gasteiger partial charge in [0.2, 0.25) is 0 Å². The van der Waals surface area contributed by atoms with Crippen molar-refractivity contribution in [1.29, 1.82) is 0 Å². The summed E-state index contributed by atoms with van der Waals surface area (Å²) in [5.74, 6) is -2.03. The van der Waals surface area contributed by atoms with Crippen molar-refractivity contribution in [3.05, 3.63) is 0 Å². The molecule has 10 heteroatoms. The van der Waals surface area contributed by atoms with Crippen molar-refractivity contribution < 1.29 is 61.6 Å². The normalized spacial score (nSPS) is 11.7. The first-order valence-corrected chi connectivity index (χ1v) is 12.1. The largest absolute Gasteiger partial charge is 1.00 e. The van der Waals surface area contributed by atoms with Crippen molar-refractivity contribution >= 4 is 33.0 Å². The van der Waals surface area contributed by atoms with Gasteiger partial charge < -0.3 is 14.0 Å². The summed E-state index contributed by atoms with van der Waals surface area (Å²) in [4.78, 5) is 23.7. The van der Waals surface area contributed by atoms with Gasteiger partial charge in [0.1, 0.15) is 10.1 Å². The zero-order chi connectivity index (χ0) is 21.3. The van der Waals surface area contributed by atoms with E-state index in [9.17, 15) is 22.6 Å². The molecule has 7 nitrogen and oxygen atoms in total. The molecule has 174 valence electrons. The van der Waals surface area contributed by atoms with Gasteiger partial charge >= 0.3 is 41.5 Å². The summed E-state index contributed by atoms with van der Waals surface area (Å²) in [5.41, 5.74) is 0. The summed E-state index contributed by atoms with van der Waals surface area (Å²) >= 11 is 0. The Bertz CT molecular complexity index is 529. The summed E-state index contributed by atoms with van der Waals surface area (Å²) < 4.78 is 43.8. The summed E-state index contributed by atoms with van der Waals surface area (Å²) in [6.45, 7) is 4.44. The van der Waals surface area contributed by atoms with Crippen LogP contribution in [0.25, 0.3) is 0 Å². The van der Waals surface area contributed by atoms with E-state index in [1.165, 1.54) is 6.42 Å². The van der Waals surface area contributed by atoms with Gasteiger partial charge in [-0.1, -0.05) is 78.1 Å². The molecule has 1 unspecified atom stereocenters. The second-order valence-electron chi connectivity index (χ2n) is 7.11. The fraction of sp³-hybridized carbons (Fsp3) is 0.900. The average molecular weight is 477 g/mol. The number of hydrogen-bond acceptors (Lipinski definition) is 7. The predicted molar refractivity (Wildman–Crippen MR) is 118 cm³/mol. The van der Waals surface area contributed by atoms with Gasteiger partial charge in [0, 0.05) is 0 Å². The molecule has 0 aliphatic heterocycles. The first kappa shape index (κ1) is 34.7. The molecule has 0 heterocycles. The quantitative estimate of drug-likeness (QED) is 0.115. The third-order valence-corrected chi connectivity index (χ3v) is 5.52. The molecule has 1 atom stereocenters. The molecule has 0 bridgehead atoms. The molecule has 30 heavy (non-hydrogen) atoms. The molecule has 0 radical (unpaired) electrons. The van der Waals surface area contributed by atoms with E-state index in [2.05, 4.69) is 13.8 Å². The monoisotopic (exact) mass is 476 g/mol. The van der Waals surface area contributed by atoms with Crippen LogP contribution in [0.3, 0.4) is 0 Å². The Kier molecular flexibility index (Phi) is 25.7. The molecular weight excluding hydrogens is 435 g/mol. The number of unbranched alkanes of at least 4 members (excludes halogenated alkanes) is 10. The van der Waals surface area contributed by atoms with E-state index in [1.54, 1.807) is 0 Å². The van der Waals surface area contributed by atoms with Gasteiger partial charge in [-0.15, -0.1) is 0 Å². The Balaban J connectivity index is -0.00000364. The summed E-state index contributed by atoms with van der Waals surface area (Å²) in [6, 6.07) is 0. The van der Waals surface area contributed by atoms with Crippen LogP contribution in [0.2, 0.25) is 0 Å². The topological polar surface area (TPSA) is 110 Å². The van der Waals surface area contributed by atoms with E-state index >= 15 is 0 Å². The molecule has 0 amide bonds. The van der Waals surface area contributed by atoms with Crippen molar-refractivity contribution in [3.8, 4) is 0 Å². The van der Waals surface area contributed by atoms with Crippen LogP contribution in [0.1, 0.15) is 97.3 Å². The van der Waals surface area contributed by atoms with Gasteiger partial charge in [0.25, 0.3) is 0 Å². The van der Waals surface area contributed by atoms with Gasteiger partial charge in [0.05, 0.1) is 19.6 Å². The Morgan fingerprint density at radius 2 is 1.17 bits per heavy atom. The van der Waals surface area contributed by atoms with Crippen LogP contribution in [0.15, 0.2) is 0 Å². The molecule has 0 rings (SSSR count). The first-order chi connectivity index (χ1) is 13.3. The zero-order valence-corrected chi connectivity index (χ0v) is 21.3. The molecule has 0 aromatic rings. The second-order valence-corrected chi connectivity index (χ2v) is 8.66. The van der Waals surface area contributed by atoms with Gasteiger partial charge in [-0.25, -0.2) is 8.42 Å². The molecule has 0 N–H and O–H groups in total. The number of ether oxygens (including phenoxy) is 2. The number of carbonyl (C=O) groups is 2. The average Bonchev–Trinajstić information content (AvgIpc) is 2.63. The van der Waals surface area contributed by atoms with E-state index in [0.29, 0.717) is 12.8 Å². The van der Waals surface area contributed by atoms with Gasteiger partial charge in [0.15, 0.2) is 5.25 Å². The molecule has 0 aromatic carbocycles. The fourth-order valence-electron chi connectivity index (χ4n) is 2.73. The van der Waals surface area contributed by atoms with E-state index in [-0.39, 0.29) is 53.7 Å². The summed E-state index contributed by atoms with van der Waals surface area (Å²) in [5, 5.41) is -2.04. The zero-order valence-electron chi connectivity index (χ0n) is 18.4. The van der Waals surface area contributed by atoms with Crippen LogP contribution >= 0.6 is 0 Å². The van der Waals surface area contributed by atoms with Crippen molar-refractivity contribution in [2.24, 2.45) is 0 Å². The van der Waals surface area contributed by atoms with Crippen molar-refractivity contribution in [1.82, 2.24) is 0 Å². The molecule has 0 aromatic heterocycles. The number of esters is 2. The molecule has 0 saturated heterocycles. The minimum Gasteiger partial charge on any atom is -0.747 e. The molecule has 0 fully saturated rings. The third kappa shape index (κ3) is 20.0. The standard InChI is InChI=1S/C20H38O7S.Na.H4Si/c1-3-5-7-9-11-13-15-26-19(21)17-18(28(23,24)25)20(22)27-16-14-12-10-8-6-4-2;;/h18H,3-17H2,1-2H3,(H,23,24,25);;1H4/q;+1;/p-1. The van der Waals surface area contributed by atoms with Crippen molar-refractivity contribution in [3.63, 3.8) is 0 Å². The Morgan fingerprint density at radius 3 is 1.60 bits per heavy atom. The maximum Gasteiger partial charge on any atom is 1.00 e. The summed E-state index contributed by atoms with van der Waals surface area (Å²) in [6.07, 6.45) is 11.2. The maximum atomic E-state index is 11.9. The predicted octanol–water partition coefficient (Wildman–Crippen LogP) is -0.350. The van der Waals surface area contributed by atoms with Gasteiger partial charge in [-0.2, -0.15) is 0 Å². The minimum absolute atomic E-state index is 0. The third-order valence-electron chi connectivity index (χ3n) is 4.47. The Labute approximate surface area is 209 Å². The van der Waals surface area contributed by atoms with Crippen LogP contribution in [0.4, 0.5) is 0 Å². The van der Waals surface area contributed by atoms with Crippen LogP contribution < -0.4 is 29.6 Å². The first-order valence-electron chi connectivity index (χ1n) is 10.6. The minimum atomic E-state index is -4.98. The van der Waals surface area contributed by atoms with E-state index in [1.807, 2.05) is 0 Å². The van der Waals surface area contributed by atoms with Crippen LogP contribution in [-0.4, -0.2) is 54.3 Å². The van der Waals surface area contributed by atoms with Crippen LogP contribution in [0.5, 0.6) is 0 Å². The van der Waals surface area contributed by atoms with E-state index < -0.39 is 33.7 Å². The second kappa shape index (κ2) is 22.3. The molecule has 0 aliphatic rings. The molecule has 0 spiro atoms. The van der Waals surface area contributed by atoms with Gasteiger partial charge in [-0.3, -0.25) is 9.59 Å². The molecule has 0 aliphatic carbocycles. The number of hydrogen-bond donors (Lipinski definition) is 0. The summed E-state index contributed by atoms with van der Waals surface area (Å²) in [7, 11) is -4.98. The number of carbonyl (C=O) groups excluding carboxylic acids is 2. The molecule has 0 saturated carbocycles. The van der Waals surface area contributed by atoms with Crippen molar-refractivity contribution in [2.45, 2.75) is 103 Å². The molecular formula is C20H41NaO7SSi. The Hall–Kier alpha value is 0.0669.